The van der Waals surface area contributed by atoms with Gasteiger partial charge in [-0.05, 0) is 72.9 Å². The van der Waals surface area contributed by atoms with Gasteiger partial charge in [0.15, 0.2) is 5.11 Å². The fraction of sp³-hybridized carbons (Fsp3) is 0.235. The van der Waals surface area contributed by atoms with Crippen LogP contribution in [0.4, 0.5) is 5.69 Å². The van der Waals surface area contributed by atoms with Crippen LogP contribution in [0.1, 0.15) is 6.42 Å². The van der Waals surface area contributed by atoms with E-state index in [2.05, 4.69) is 38.7 Å². The number of thiocarbonyl (C=S) groups is 1. The van der Waals surface area contributed by atoms with Gasteiger partial charge in [0.1, 0.15) is 5.75 Å². The molecule has 0 saturated heterocycles. The molecule has 0 bridgehead atoms. The zero-order chi connectivity index (χ0) is 16.5. The van der Waals surface area contributed by atoms with E-state index >= 15 is 0 Å². The Balaban J connectivity index is 1.61. The van der Waals surface area contributed by atoms with Crippen molar-refractivity contribution in [2.75, 3.05) is 24.7 Å². The van der Waals surface area contributed by atoms with Crippen molar-refractivity contribution in [3.05, 3.63) is 53.0 Å². The number of ether oxygens (including phenoxy) is 1. The number of benzene rings is 2. The van der Waals surface area contributed by atoms with Crippen molar-refractivity contribution in [1.82, 2.24) is 5.32 Å². The number of methoxy groups -OCH3 is 1. The molecule has 0 amide bonds. The highest BCUT2D eigenvalue weighted by Crippen LogP contribution is 2.21. The summed E-state index contributed by atoms with van der Waals surface area (Å²) in [6, 6.07) is 16.1. The maximum absolute atomic E-state index is 5.28. The zero-order valence-corrected chi connectivity index (χ0v) is 16.1. The predicted molar refractivity (Wildman–Crippen MR) is 107 cm³/mol. The van der Waals surface area contributed by atoms with Crippen LogP contribution in [0.2, 0.25) is 0 Å². The van der Waals surface area contributed by atoms with Crippen molar-refractivity contribution in [2.24, 2.45) is 0 Å². The molecule has 0 aliphatic heterocycles. The second kappa shape index (κ2) is 9.80. The molecule has 2 N–H and O–H groups in total. The number of rotatable bonds is 7. The van der Waals surface area contributed by atoms with Gasteiger partial charge < -0.3 is 15.4 Å². The van der Waals surface area contributed by atoms with Gasteiger partial charge in [0, 0.05) is 21.6 Å². The van der Waals surface area contributed by atoms with E-state index in [1.165, 1.54) is 4.90 Å². The summed E-state index contributed by atoms with van der Waals surface area (Å²) in [5, 5.41) is 7.05. The molecule has 0 unspecified atom stereocenters. The van der Waals surface area contributed by atoms with Crippen molar-refractivity contribution in [3.8, 4) is 5.75 Å². The lowest BCUT2D eigenvalue weighted by molar-refractivity contribution is 0.414. The van der Waals surface area contributed by atoms with E-state index in [1.807, 2.05) is 48.2 Å². The summed E-state index contributed by atoms with van der Waals surface area (Å²) >= 11 is 10.5. The smallest absolute Gasteiger partial charge is 0.170 e. The molecule has 0 atom stereocenters. The van der Waals surface area contributed by atoms with Crippen LogP contribution < -0.4 is 15.4 Å². The van der Waals surface area contributed by atoms with Crippen LogP contribution in [0.5, 0.6) is 5.75 Å². The second-order valence-electron chi connectivity index (χ2n) is 4.77. The molecule has 122 valence electrons. The number of nitrogens with one attached hydrogen (secondary N) is 2. The Labute approximate surface area is 155 Å². The van der Waals surface area contributed by atoms with Gasteiger partial charge in [0.25, 0.3) is 0 Å². The molecule has 2 aromatic rings. The first-order valence-corrected chi connectivity index (χ1v) is 9.43. The molecule has 0 aliphatic rings. The highest BCUT2D eigenvalue weighted by molar-refractivity contribution is 9.10. The second-order valence-corrected chi connectivity index (χ2v) is 7.26. The Hall–Kier alpha value is -1.24. The monoisotopic (exact) mass is 410 g/mol. The lowest BCUT2D eigenvalue weighted by atomic mass is 10.3. The number of hydrogen-bond donors (Lipinski definition) is 2. The molecular weight excluding hydrogens is 392 g/mol. The summed E-state index contributed by atoms with van der Waals surface area (Å²) in [5.74, 6) is 1.93. The summed E-state index contributed by atoms with van der Waals surface area (Å²) < 4.78 is 6.20. The lowest BCUT2D eigenvalue weighted by Gasteiger charge is -2.10. The molecule has 0 spiro atoms. The van der Waals surface area contributed by atoms with Gasteiger partial charge in [0.05, 0.1) is 7.11 Å². The SMILES string of the molecule is COc1ccc(SCCCNC(=S)Nc2ccc(Br)cc2)cc1. The minimum atomic E-state index is 0.654. The Morgan fingerprint density at radius 3 is 2.48 bits per heavy atom. The zero-order valence-electron chi connectivity index (χ0n) is 12.8. The van der Waals surface area contributed by atoms with Crippen molar-refractivity contribution in [3.63, 3.8) is 0 Å². The van der Waals surface area contributed by atoms with E-state index in [0.717, 1.165) is 34.6 Å². The fourth-order valence-corrected chi connectivity index (χ4v) is 3.18. The van der Waals surface area contributed by atoms with Gasteiger partial charge in [0.2, 0.25) is 0 Å². The molecule has 23 heavy (non-hydrogen) atoms. The summed E-state index contributed by atoms with van der Waals surface area (Å²) in [6.07, 6.45) is 1.04. The van der Waals surface area contributed by atoms with Gasteiger partial charge in [-0.15, -0.1) is 11.8 Å². The van der Waals surface area contributed by atoms with Crippen LogP contribution in [0.15, 0.2) is 57.9 Å². The third-order valence-corrected chi connectivity index (χ3v) is 4.91. The number of halogens is 1. The Morgan fingerprint density at radius 2 is 1.83 bits per heavy atom. The quantitative estimate of drug-likeness (QED) is 0.384. The Bertz CT molecular complexity index is 617. The van der Waals surface area contributed by atoms with Crippen molar-refractivity contribution < 1.29 is 4.74 Å². The van der Waals surface area contributed by atoms with Crippen LogP contribution >= 0.6 is 39.9 Å². The highest BCUT2D eigenvalue weighted by atomic mass is 79.9. The topological polar surface area (TPSA) is 33.3 Å². The number of anilines is 1. The van der Waals surface area contributed by atoms with Crippen LogP contribution in [0.25, 0.3) is 0 Å². The summed E-state index contributed by atoms with van der Waals surface area (Å²) in [5.41, 5.74) is 0.985. The fourth-order valence-electron chi connectivity index (χ4n) is 1.84. The van der Waals surface area contributed by atoms with Gasteiger partial charge in [-0.25, -0.2) is 0 Å². The van der Waals surface area contributed by atoms with E-state index in [9.17, 15) is 0 Å². The first-order chi connectivity index (χ1) is 11.2. The molecule has 0 fully saturated rings. The Kier molecular flexibility index (Phi) is 7.71. The molecule has 0 aromatic heterocycles. The Morgan fingerprint density at radius 1 is 1.13 bits per heavy atom. The number of thioether (sulfide) groups is 1. The summed E-state index contributed by atoms with van der Waals surface area (Å²) in [7, 11) is 1.68. The molecule has 0 radical (unpaired) electrons. The molecule has 2 rings (SSSR count). The summed E-state index contributed by atoms with van der Waals surface area (Å²) in [6.45, 7) is 0.853. The first-order valence-electron chi connectivity index (χ1n) is 7.24. The highest BCUT2D eigenvalue weighted by Gasteiger charge is 1.99. The normalized spacial score (nSPS) is 10.2. The van der Waals surface area contributed by atoms with Gasteiger partial charge in [-0.2, -0.15) is 0 Å². The van der Waals surface area contributed by atoms with Crippen molar-refractivity contribution in [2.45, 2.75) is 11.3 Å². The van der Waals surface area contributed by atoms with Crippen molar-refractivity contribution >= 4 is 50.7 Å². The molecule has 6 heteroatoms. The first kappa shape index (κ1) is 18.1. The lowest BCUT2D eigenvalue weighted by Crippen LogP contribution is -2.29. The minimum absolute atomic E-state index is 0.654. The molecule has 0 heterocycles. The van der Waals surface area contributed by atoms with E-state index in [0.29, 0.717) is 5.11 Å². The average molecular weight is 411 g/mol. The third-order valence-electron chi connectivity index (χ3n) is 3.04. The maximum Gasteiger partial charge on any atom is 0.170 e. The largest absolute Gasteiger partial charge is 0.497 e. The van der Waals surface area contributed by atoms with Crippen LogP contribution in [0.3, 0.4) is 0 Å². The number of hydrogen-bond acceptors (Lipinski definition) is 3. The van der Waals surface area contributed by atoms with Gasteiger partial charge in [-0.3, -0.25) is 0 Å². The molecular formula is C17H19BrN2OS2. The van der Waals surface area contributed by atoms with Crippen LogP contribution in [0, 0.1) is 0 Å². The van der Waals surface area contributed by atoms with E-state index in [4.69, 9.17) is 17.0 Å². The minimum Gasteiger partial charge on any atom is -0.497 e. The maximum atomic E-state index is 5.28. The van der Waals surface area contributed by atoms with Crippen molar-refractivity contribution in [1.29, 1.82) is 0 Å². The van der Waals surface area contributed by atoms with Crippen LogP contribution in [-0.4, -0.2) is 24.5 Å². The molecule has 2 aromatic carbocycles. The van der Waals surface area contributed by atoms with E-state index < -0.39 is 0 Å². The predicted octanol–water partition coefficient (Wildman–Crippen LogP) is 4.93. The summed E-state index contributed by atoms with van der Waals surface area (Å²) in [4.78, 5) is 1.25. The standard InChI is InChI=1S/C17H19BrN2OS2/c1-21-15-7-9-16(10-8-15)23-12-2-11-19-17(22)20-14-5-3-13(18)4-6-14/h3-10H,2,11-12H2,1H3,(H2,19,20,22). The van der Waals surface area contributed by atoms with Gasteiger partial charge in [-0.1, -0.05) is 15.9 Å². The van der Waals surface area contributed by atoms with Gasteiger partial charge >= 0.3 is 0 Å². The average Bonchev–Trinajstić information content (AvgIpc) is 2.57. The van der Waals surface area contributed by atoms with Crippen LogP contribution in [-0.2, 0) is 0 Å². The van der Waals surface area contributed by atoms with E-state index in [-0.39, 0.29) is 0 Å². The molecule has 0 saturated carbocycles. The van der Waals surface area contributed by atoms with E-state index in [1.54, 1.807) is 7.11 Å². The molecule has 3 nitrogen and oxygen atoms in total. The third kappa shape index (κ3) is 6.81. The molecule has 0 aliphatic carbocycles.